The number of nitrogens with zero attached hydrogens (tertiary/aromatic N) is 3. The van der Waals surface area contributed by atoms with E-state index in [4.69, 9.17) is 0 Å². The lowest BCUT2D eigenvalue weighted by Gasteiger charge is -2.09. The minimum atomic E-state index is -0.758. The molecular weight excluding hydrogens is 426 g/mol. The molecule has 0 saturated carbocycles. The number of aryl methyl sites for hydroxylation is 1. The van der Waals surface area contributed by atoms with E-state index >= 15 is 0 Å². The summed E-state index contributed by atoms with van der Waals surface area (Å²) in [4.78, 5) is 0. The summed E-state index contributed by atoms with van der Waals surface area (Å²) in [6.45, 7) is 0. The zero-order chi connectivity index (χ0) is 11.9. The number of thiophene rings is 1. The van der Waals surface area contributed by atoms with Gasteiger partial charge in [0, 0.05) is 12.6 Å². The van der Waals surface area contributed by atoms with Crippen molar-refractivity contribution in [3.8, 4) is 0 Å². The minimum absolute atomic E-state index is 0.553. The van der Waals surface area contributed by atoms with Gasteiger partial charge in [0.1, 0.15) is 11.8 Å². The molecule has 0 fully saturated rings. The Hall–Kier alpha value is 0.240. The van der Waals surface area contributed by atoms with Crippen LogP contribution in [0.15, 0.2) is 18.2 Å². The van der Waals surface area contributed by atoms with Crippen molar-refractivity contribution >= 4 is 59.1 Å². The van der Waals surface area contributed by atoms with E-state index in [1.807, 2.05) is 6.07 Å². The molecule has 0 aromatic carbocycles. The second kappa shape index (κ2) is 4.85. The highest BCUT2D eigenvalue weighted by molar-refractivity contribution is 9.12. The van der Waals surface area contributed by atoms with E-state index in [2.05, 4.69) is 58.1 Å². The molecule has 0 aliphatic heterocycles. The molecule has 0 aliphatic carbocycles. The van der Waals surface area contributed by atoms with Crippen molar-refractivity contribution in [2.24, 2.45) is 7.05 Å². The fourth-order valence-corrected chi connectivity index (χ4v) is 4.74. The molecule has 0 bridgehead atoms. The van der Waals surface area contributed by atoms with E-state index in [0.29, 0.717) is 10.3 Å². The van der Waals surface area contributed by atoms with Gasteiger partial charge in [-0.1, -0.05) is 5.21 Å². The Bertz CT molecular complexity index is 505. The van der Waals surface area contributed by atoms with E-state index in [0.717, 1.165) is 13.1 Å². The smallest absolute Gasteiger partial charge is 0.154 e. The van der Waals surface area contributed by atoms with Crippen molar-refractivity contribution < 1.29 is 5.11 Å². The van der Waals surface area contributed by atoms with Gasteiger partial charge in [-0.05, 0) is 53.9 Å². The van der Waals surface area contributed by atoms with E-state index in [1.54, 1.807) is 11.7 Å². The van der Waals surface area contributed by atoms with Gasteiger partial charge in [-0.2, -0.15) is 0 Å². The normalized spacial score (nSPS) is 13.1. The molecule has 16 heavy (non-hydrogen) atoms. The number of hydrogen-bond acceptors (Lipinski definition) is 4. The van der Waals surface area contributed by atoms with Crippen LogP contribution in [0.1, 0.15) is 17.4 Å². The number of aromatic nitrogens is 3. The minimum Gasteiger partial charge on any atom is -0.382 e. The lowest BCUT2D eigenvalue weighted by atomic mass is 10.1. The molecule has 86 valence electrons. The average Bonchev–Trinajstić information content (AvgIpc) is 2.70. The van der Waals surface area contributed by atoms with Gasteiger partial charge in [0.2, 0.25) is 0 Å². The predicted molar refractivity (Wildman–Crippen MR) is 72.5 cm³/mol. The molecule has 1 unspecified atom stereocenters. The average molecular weight is 432 g/mol. The summed E-state index contributed by atoms with van der Waals surface area (Å²) in [6.07, 6.45) is -0.758. The Balaban J connectivity index is 2.46. The molecule has 0 radical (unpaired) electrons. The first-order valence-electron chi connectivity index (χ1n) is 4.18. The van der Waals surface area contributed by atoms with Crippen molar-refractivity contribution in [2.45, 2.75) is 6.10 Å². The van der Waals surface area contributed by atoms with Gasteiger partial charge in [-0.25, -0.2) is 4.68 Å². The van der Waals surface area contributed by atoms with Gasteiger partial charge in [0.15, 0.2) is 4.60 Å². The lowest BCUT2D eigenvalue weighted by Crippen LogP contribution is -2.06. The Kier molecular flexibility index (Phi) is 3.85. The summed E-state index contributed by atoms with van der Waals surface area (Å²) in [6, 6.07) is 1.87. The largest absolute Gasteiger partial charge is 0.382 e. The number of halogens is 3. The Morgan fingerprint density at radius 1 is 1.44 bits per heavy atom. The number of hydrogen-bond donors (Lipinski definition) is 1. The van der Waals surface area contributed by atoms with Crippen molar-refractivity contribution in [1.82, 2.24) is 15.0 Å². The molecular formula is C8H6Br3N3OS. The fourth-order valence-electron chi connectivity index (χ4n) is 1.32. The molecule has 2 aromatic rings. The molecule has 0 aliphatic rings. The second-order valence-electron chi connectivity index (χ2n) is 3.07. The Labute approximate surface area is 121 Å². The Morgan fingerprint density at radius 2 is 2.12 bits per heavy atom. The Morgan fingerprint density at radius 3 is 2.56 bits per heavy atom. The van der Waals surface area contributed by atoms with Crippen LogP contribution in [0.5, 0.6) is 0 Å². The van der Waals surface area contributed by atoms with E-state index in [1.165, 1.54) is 11.3 Å². The molecule has 2 heterocycles. The summed E-state index contributed by atoms with van der Waals surface area (Å²) in [5.41, 5.74) is 1.42. The maximum absolute atomic E-state index is 10.3. The van der Waals surface area contributed by atoms with Gasteiger partial charge in [0.25, 0.3) is 0 Å². The van der Waals surface area contributed by atoms with Gasteiger partial charge in [-0.3, -0.25) is 0 Å². The quantitative estimate of drug-likeness (QED) is 0.794. The van der Waals surface area contributed by atoms with Crippen LogP contribution in [0.4, 0.5) is 0 Å². The molecule has 0 spiro atoms. The monoisotopic (exact) mass is 429 g/mol. The number of aliphatic hydroxyl groups is 1. The first-order valence-corrected chi connectivity index (χ1v) is 7.38. The van der Waals surface area contributed by atoms with Crippen LogP contribution in [-0.2, 0) is 7.05 Å². The van der Waals surface area contributed by atoms with Crippen LogP contribution in [0.3, 0.4) is 0 Å². The zero-order valence-electron chi connectivity index (χ0n) is 7.99. The van der Waals surface area contributed by atoms with Crippen LogP contribution < -0.4 is 0 Å². The van der Waals surface area contributed by atoms with Crippen molar-refractivity contribution in [3.63, 3.8) is 0 Å². The zero-order valence-corrected chi connectivity index (χ0v) is 13.6. The topological polar surface area (TPSA) is 50.9 Å². The summed E-state index contributed by atoms with van der Waals surface area (Å²) in [5.74, 6) is 0. The second-order valence-corrected chi connectivity index (χ2v) is 7.57. The van der Waals surface area contributed by atoms with Crippen molar-refractivity contribution in [3.05, 3.63) is 29.5 Å². The first kappa shape index (κ1) is 12.7. The standard InChI is InChI=1S/C8H6Br3N3OS/c1-14-5(7(10)12-13-14)6(15)3-2-4(9)16-8(3)11/h2,6,15H,1H3. The molecule has 0 saturated heterocycles. The van der Waals surface area contributed by atoms with Crippen molar-refractivity contribution in [1.29, 1.82) is 0 Å². The highest BCUT2D eigenvalue weighted by Crippen LogP contribution is 2.38. The van der Waals surface area contributed by atoms with E-state index in [-0.39, 0.29) is 0 Å². The van der Waals surface area contributed by atoms with Gasteiger partial charge >= 0.3 is 0 Å². The summed E-state index contributed by atoms with van der Waals surface area (Å²) in [5, 5.41) is 17.9. The molecule has 8 heteroatoms. The first-order chi connectivity index (χ1) is 7.50. The fraction of sp³-hybridized carbons (Fsp3) is 0.250. The van der Waals surface area contributed by atoms with Gasteiger partial charge in [-0.15, -0.1) is 16.4 Å². The summed E-state index contributed by atoms with van der Waals surface area (Å²) < 4.78 is 3.95. The van der Waals surface area contributed by atoms with Crippen LogP contribution >= 0.6 is 59.1 Å². The maximum atomic E-state index is 10.3. The molecule has 2 rings (SSSR count). The highest BCUT2D eigenvalue weighted by Gasteiger charge is 2.23. The molecule has 0 amide bonds. The molecule has 4 nitrogen and oxygen atoms in total. The summed E-state index contributed by atoms with van der Waals surface area (Å²) >= 11 is 11.6. The van der Waals surface area contributed by atoms with E-state index < -0.39 is 6.10 Å². The maximum Gasteiger partial charge on any atom is 0.154 e. The third-order valence-electron chi connectivity index (χ3n) is 2.06. The third kappa shape index (κ3) is 2.26. The number of aliphatic hydroxyl groups excluding tert-OH is 1. The van der Waals surface area contributed by atoms with Crippen LogP contribution in [-0.4, -0.2) is 20.1 Å². The molecule has 1 N–H and O–H groups in total. The van der Waals surface area contributed by atoms with Crippen molar-refractivity contribution in [2.75, 3.05) is 0 Å². The third-order valence-corrected chi connectivity index (χ3v) is 5.01. The van der Waals surface area contributed by atoms with Gasteiger partial charge < -0.3 is 5.11 Å². The number of rotatable bonds is 2. The molecule has 2 aromatic heterocycles. The van der Waals surface area contributed by atoms with Crippen LogP contribution in [0.2, 0.25) is 0 Å². The predicted octanol–water partition coefficient (Wildman–Crippen LogP) is 3.25. The summed E-state index contributed by atoms with van der Waals surface area (Å²) in [7, 11) is 1.74. The van der Waals surface area contributed by atoms with Crippen LogP contribution in [0, 0.1) is 0 Å². The SMILES string of the molecule is Cn1nnc(Br)c1C(O)c1cc(Br)sc1Br. The lowest BCUT2D eigenvalue weighted by molar-refractivity contribution is 0.208. The van der Waals surface area contributed by atoms with E-state index in [9.17, 15) is 5.11 Å². The highest BCUT2D eigenvalue weighted by atomic mass is 79.9. The molecule has 1 atom stereocenters. The van der Waals surface area contributed by atoms with Gasteiger partial charge in [0.05, 0.1) is 7.57 Å². The van der Waals surface area contributed by atoms with Crippen LogP contribution in [0.25, 0.3) is 0 Å².